The lowest BCUT2D eigenvalue weighted by molar-refractivity contribution is -0.144. The standard InChI is InChI=1S/C15H22O5S/c1-3-4-5-6-15(16)19-11-12-20-21(17,18)14-9-7-13(2)8-10-14/h7-10H,3-6,11-12H2,1-2H3. The second-order valence-electron chi connectivity index (χ2n) is 4.77. The largest absolute Gasteiger partial charge is 0.463 e. The van der Waals surface area contributed by atoms with Crippen LogP contribution in [0.2, 0.25) is 0 Å². The van der Waals surface area contributed by atoms with Crippen molar-refractivity contribution >= 4 is 16.1 Å². The van der Waals surface area contributed by atoms with E-state index in [0.29, 0.717) is 6.42 Å². The van der Waals surface area contributed by atoms with Crippen LogP contribution in [0.3, 0.4) is 0 Å². The molecule has 0 aromatic heterocycles. The molecule has 0 aliphatic rings. The molecular weight excluding hydrogens is 292 g/mol. The minimum Gasteiger partial charge on any atom is -0.463 e. The predicted octanol–water partition coefficient (Wildman–Crippen LogP) is 2.82. The lowest BCUT2D eigenvalue weighted by Crippen LogP contribution is -2.14. The summed E-state index contributed by atoms with van der Waals surface area (Å²) in [6.07, 6.45) is 3.16. The summed E-state index contributed by atoms with van der Waals surface area (Å²) in [6, 6.07) is 6.37. The Morgan fingerprint density at radius 3 is 2.38 bits per heavy atom. The topological polar surface area (TPSA) is 69.7 Å². The average Bonchev–Trinajstić information content (AvgIpc) is 2.44. The molecule has 6 heteroatoms. The maximum Gasteiger partial charge on any atom is 0.305 e. The monoisotopic (exact) mass is 314 g/mol. The van der Waals surface area contributed by atoms with Gasteiger partial charge in [0.15, 0.2) is 0 Å². The van der Waals surface area contributed by atoms with Crippen molar-refractivity contribution in [3.05, 3.63) is 29.8 Å². The summed E-state index contributed by atoms with van der Waals surface area (Å²) in [5.41, 5.74) is 0.968. The molecule has 0 bridgehead atoms. The Kier molecular flexibility index (Phi) is 7.39. The smallest absolute Gasteiger partial charge is 0.305 e. The fourth-order valence-corrected chi connectivity index (χ4v) is 2.56. The molecule has 0 heterocycles. The Morgan fingerprint density at radius 1 is 1.10 bits per heavy atom. The van der Waals surface area contributed by atoms with Crippen molar-refractivity contribution in [2.45, 2.75) is 44.4 Å². The number of unbranched alkanes of at least 4 members (excludes halogenated alkanes) is 2. The van der Waals surface area contributed by atoms with Crippen molar-refractivity contribution in [3.8, 4) is 0 Å². The number of aryl methyl sites for hydroxylation is 1. The first-order chi connectivity index (χ1) is 9.95. The van der Waals surface area contributed by atoms with Gasteiger partial charge in [0, 0.05) is 6.42 Å². The van der Waals surface area contributed by atoms with Crippen molar-refractivity contribution in [2.75, 3.05) is 13.2 Å². The lowest BCUT2D eigenvalue weighted by atomic mass is 10.2. The van der Waals surface area contributed by atoms with E-state index in [1.54, 1.807) is 12.1 Å². The number of ether oxygens (including phenoxy) is 1. The Hall–Kier alpha value is -1.40. The molecule has 0 fully saturated rings. The van der Waals surface area contributed by atoms with Crippen LogP contribution in [0.25, 0.3) is 0 Å². The number of hydrogen-bond donors (Lipinski definition) is 0. The van der Waals surface area contributed by atoms with Gasteiger partial charge in [0.1, 0.15) is 13.2 Å². The fourth-order valence-electron chi connectivity index (χ4n) is 1.66. The first kappa shape index (κ1) is 17.7. The first-order valence-corrected chi connectivity index (χ1v) is 8.48. The minimum atomic E-state index is -3.79. The van der Waals surface area contributed by atoms with Gasteiger partial charge in [-0.05, 0) is 25.5 Å². The van der Waals surface area contributed by atoms with Crippen LogP contribution in [0.4, 0.5) is 0 Å². The number of carbonyl (C=O) groups is 1. The van der Waals surface area contributed by atoms with E-state index >= 15 is 0 Å². The number of benzene rings is 1. The van der Waals surface area contributed by atoms with E-state index in [1.165, 1.54) is 12.1 Å². The van der Waals surface area contributed by atoms with Gasteiger partial charge in [-0.1, -0.05) is 37.5 Å². The molecular formula is C15H22O5S. The van der Waals surface area contributed by atoms with Crippen molar-refractivity contribution in [1.82, 2.24) is 0 Å². The summed E-state index contributed by atoms with van der Waals surface area (Å²) >= 11 is 0. The van der Waals surface area contributed by atoms with Crippen molar-refractivity contribution in [2.24, 2.45) is 0 Å². The van der Waals surface area contributed by atoms with E-state index in [0.717, 1.165) is 24.8 Å². The molecule has 0 spiro atoms. The number of hydrogen-bond acceptors (Lipinski definition) is 5. The third-order valence-corrected chi connectivity index (χ3v) is 4.21. The van der Waals surface area contributed by atoms with Crippen LogP contribution in [0.5, 0.6) is 0 Å². The van der Waals surface area contributed by atoms with Gasteiger partial charge in [-0.3, -0.25) is 8.98 Å². The molecule has 1 rings (SSSR count). The van der Waals surface area contributed by atoms with Crippen molar-refractivity contribution in [3.63, 3.8) is 0 Å². The molecule has 0 aliphatic heterocycles. The molecule has 0 unspecified atom stereocenters. The number of esters is 1. The van der Waals surface area contributed by atoms with Crippen molar-refractivity contribution in [1.29, 1.82) is 0 Å². The first-order valence-electron chi connectivity index (χ1n) is 7.07. The zero-order valence-electron chi connectivity index (χ0n) is 12.5. The van der Waals surface area contributed by atoms with Crippen LogP contribution in [0.1, 0.15) is 38.2 Å². The summed E-state index contributed by atoms with van der Waals surface area (Å²) in [5.74, 6) is -0.320. The van der Waals surface area contributed by atoms with Gasteiger partial charge in [0.05, 0.1) is 4.90 Å². The SMILES string of the molecule is CCCCCC(=O)OCCOS(=O)(=O)c1ccc(C)cc1. The fraction of sp³-hybridized carbons (Fsp3) is 0.533. The van der Waals surface area contributed by atoms with Gasteiger partial charge in [-0.2, -0.15) is 8.42 Å². The highest BCUT2D eigenvalue weighted by molar-refractivity contribution is 7.86. The van der Waals surface area contributed by atoms with E-state index in [2.05, 4.69) is 6.92 Å². The minimum absolute atomic E-state index is 0.0595. The maximum atomic E-state index is 11.8. The van der Waals surface area contributed by atoms with Gasteiger partial charge in [-0.15, -0.1) is 0 Å². The van der Waals surface area contributed by atoms with Crippen LogP contribution in [-0.2, 0) is 23.8 Å². The van der Waals surface area contributed by atoms with Crippen LogP contribution in [0.15, 0.2) is 29.2 Å². The normalized spacial score (nSPS) is 11.3. The van der Waals surface area contributed by atoms with Crippen molar-refractivity contribution < 1.29 is 22.1 Å². The second kappa shape index (κ2) is 8.79. The molecule has 5 nitrogen and oxygen atoms in total. The van der Waals surface area contributed by atoms with Gasteiger partial charge < -0.3 is 4.74 Å². The molecule has 0 saturated carbocycles. The third kappa shape index (κ3) is 6.73. The summed E-state index contributed by atoms with van der Waals surface area (Å²) in [5, 5.41) is 0. The van der Waals surface area contributed by atoms with Crippen LogP contribution >= 0.6 is 0 Å². The molecule has 0 saturated heterocycles. The van der Waals surface area contributed by atoms with Gasteiger partial charge in [-0.25, -0.2) is 0 Å². The highest BCUT2D eigenvalue weighted by Gasteiger charge is 2.14. The van der Waals surface area contributed by atoms with Gasteiger partial charge in [0.25, 0.3) is 10.1 Å². The van der Waals surface area contributed by atoms with Crippen LogP contribution in [0, 0.1) is 6.92 Å². The van der Waals surface area contributed by atoms with Gasteiger partial charge in [0.2, 0.25) is 0 Å². The van der Waals surface area contributed by atoms with E-state index in [9.17, 15) is 13.2 Å². The van der Waals surface area contributed by atoms with Crippen LogP contribution in [-0.4, -0.2) is 27.6 Å². The molecule has 0 radical (unpaired) electrons. The molecule has 21 heavy (non-hydrogen) atoms. The molecule has 0 N–H and O–H groups in total. The molecule has 0 amide bonds. The highest BCUT2D eigenvalue weighted by Crippen LogP contribution is 2.13. The zero-order valence-corrected chi connectivity index (χ0v) is 13.3. The summed E-state index contributed by atoms with van der Waals surface area (Å²) in [6.45, 7) is 3.69. The van der Waals surface area contributed by atoms with Crippen LogP contribution < -0.4 is 0 Å². The molecule has 0 aliphatic carbocycles. The van der Waals surface area contributed by atoms with E-state index in [1.807, 2.05) is 6.92 Å². The Balaban J connectivity index is 2.31. The highest BCUT2D eigenvalue weighted by atomic mass is 32.2. The zero-order chi connectivity index (χ0) is 15.7. The molecule has 1 aromatic carbocycles. The average molecular weight is 314 g/mol. The van der Waals surface area contributed by atoms with E-state index in [-0.39, 0.29) is 24.1 Å². The predicted molar refractivity (Wildman–Crippen MR) is 79.4 cm³/mol. The van der Waals surface area contributed by atoms with E-state index in [4.69, 9.17) is 8.92 Å². The summed E-state index contributed by atoms with van der Waals surface area (Å²) in [7, 11) is -3.79. The van der Waals surface area contributed by atoms with E-state index < -0.39 is 10.1 Å². The molecule has 0 atom stereocenters. The second-order valence-corrected chi connectivity index (χ2v) is 6.38. The Morgan fingerprint density at radius 2 is 1.76 bits per heavy atom. The Bertz CT molecular complexity index is 534. The lowest BCUT2D eigenvalue weighted by Gasteiger charge is -2.07. The Labute approximate surface area is 126 Å². The third-order valence-electron chi connectivity index (χ3n) is 2.88. The molecule has 118 valence electrons. The summed E-state index contributed by atoms with van der Waals surface area (Å²) < 4.78 is 33.4. The maximum absolute atomic E-state index is 11.8. The number of rotatable bonds is 9. The van der Waals surface area contributed by atoms with Gasteiger partial charge >= 0.3 is 5.97 Å². The quantitative estimate of drug-likeness (QED) is 0.398. The molecule has 1 aromatic rings. The summed E-state index contributed by atoms with van der Waals surface area (Å²) in [4.78, 5) is 11.4. The number of carbonyl (C=O) groups excluding carboxylic acids is 1.